The molecule has 0 saturated heterocycles. The maximum absolute atomic E-state index is 13.6. The average molecular weight is 282 g/mol. The number of nitrogens with zero attached hydrogens (tertiary/aromatic N) is 1. The Morgan fingerprint density at radius 3 is 2.67 bits per heavy atom. The summed E-state index contributed by atoms with van der Waals surface area (Å²) < 4.78 is 14.5. The quantitative estimate of drug-likeness (QED) is 0.922. The van der Waals surface area contributed by atoms with Gasteiger partial charge >= 0.3 is 0 Å². The first-order chi connectivity index (χ1) is 8.47. The monoisotopic (exact) mass is 282 g/mol. The van der Waals surface area contributed by atoms with E-state index in [4.69, 9.17) is 5.73 Å². The summed E-state index contributed by atoms with van der Waals surface area (Å²) >= 11 is 3.14. The van der Waals surface area contributed by atoms with Crippen LogP contribution in [0.2, 0.25) is 0 Å². The molecule has 96 valence electrons. The zero-order valence-electron chi connectivity index (χ0n) is 10.5. The van der Waals surface area contributed by atoms with Gasteiger partial charge in [0.15, 0.2) is 4.34 Å². The third-order valence-electron chi connectivity index (χ3n) is 2.58. The Labute approximate surface area is 114 Å². The first-order valence-corrected chi connectivity index (χ1v) is 7.32. The lowest BCUT2D eigenvalue weighted by atomic mass is 10.1. The Morgan fingerprint density at radius 1 is 1.39 bits per heavy atom. The zero-order valence-corrected chi connectivity index (χ0v) is 12.2. The number of hydrogen-bond acceptors (Lipinski definition) is 4. The summed E-state index contributed by atoms with van der Waals surface area (Å²) in [5.41, 5.74) is 8.36. The number of thiazole rings is 1. The molecule has 0 saturated carbocycles. The Balaban J connectivity index is 2.39. The van der Waals surface area contributed by atoms with Gasteiger partial charge in [0.1, 0.15) is 5.82 Å². The van der Waals surface area contributed by atoms with Gasteiger partial charge in [-0.3, -0.25) is 0 Å². The van der Waals surface area contributed by atoms with Crippen LogP contribution in [0.25, 0.3) is 0 Å². The standard InChI is InChI=1S/C13H15FN2S2/c1-7-4-12(10(9(3)15)5-11(7)14)18-13-16-8(2)6-17-13/h4-6,9H,15H2,1-3H3. The molecule has 2 aromatic rings. The molecule has 0 aliphatic carbocycles. The lowest BCUT2D eigenvalue weighted by molar-refractivity contribution is 0.610. The highest BCUT2D eigenvalue weighted by Crippen LogP contribution is 2.35. The molecule has 1 aromatic heterocycles. The molecule has 2 N–H and O–H groups in total. The summed E-state index contributed by atoms with van der Waals surface area (Å²) in [6.07, 6.45) is 0. The van der Waals surface area contributed by atoms with Crippen LogP contribution >= 0.6 is 23.1 Å². The van der Waals surface area contributed by atoms with Crippen LogP contribution in [0.5, 0.6) is 0 Å². The number of benzene rings is 1. The third kappa shape index (κ3) is 2.91. The molecule has 1 atom stereocenters. The highest BCUT2D eigenvalue weighted by atomic mass is 32.2. The van der Waals surface area contributed by atoms with Crippen LogP contribution in [0.3, 0.4) is 0 Å². The fraction of sp³-hybridized carbons (Fsp3) is 0.308. The van der Waals surface area contributed by atoms with E-state index in [-0.39, 0.29) is 11.9 Å². The van der Waals surface area contributed by atoms with E-state index in [1.165, 1.54) is 6.07 Å². The van der Waals surface area contributed by atoms with Crippen LogP contribution in [0.15, 0.2) is 26.7 Å². The van der Waals surface area contributed by atoms with E-state index in [9.17, 15) is 4.39 Å². The fourth-order valence-electron chi connectivity index (χ4n) is 1.59. The molecule has 0 bridgehead atoms. The van der Waals surface area contributed by atoms with Crippen molar-refractivity contribution in [2.45, 2.75) is 36.0 Å². The van der Waals surface area contributed by atoms with Gasteiger partial charge in [-0.1, -0.05) is 11.8 Å². The zero-order chi connectivity index (χ0) is 13.3. The predicted molar refractivity (Wildman–Crippen MR) is 74.7 cm³/mol. The largest absolute Gasteiger partial charge is 0.324 e. The number of nitrogens with two attached hydrogens (primary N) is 1. The highest BCUT2D eigenvalue weighted by molar-refractivity contribution is 8.01. The molecule has 1 heterocycles. The van der Waals surface area contributed by atoms with Gasteiger partial charge in [-0.25, -0.2) is 9.37 Å². The number of hydrogen-bond donors (Lipinski definition) is 1. The normalized spacial score (nSPS) is 12.7. The second kappa shape index (κ2) is 5.38. The van der Waals surface area contributed by atoms with E-state index in [0.717, 1.165) is 20.5 Å². The number of aryl methyl sites for hydroxylation is 2. The van der Waals surface area contributed by atoms with E-state index in [1.807, 2.05) is 25.3 Å². The van der Waals surface area contributed by atoms with Gasteiger partial charge in [-0.2, -0.15) is 0 Å². The van der Waals surface area contributed by atoms with Crippen molar-refractivity contribution in [3.63, 3.8) is 0 Å². The van der Waals surface area contributed by atoms with Crippen molar-refractivity contribution in [2.24, 2.45) is 5.73 Å². The van der Waals surface area contributed by atoms with Crippen molar-refractivity contribution in [2.75, 3.05) is 0 Å². The molecule has 0 spiro atoms. The van der Waals surface area contributed by atoms with Gasteiger partial charge in [-0.15, -0.1) is 11.3 Å². The van der Waals surface area contributed by atoms with Crippen LogP contribution < -0.4 is 5.73 Å². The molecule has 0 aliphatic rings. The summed E-state index contributed by atoms with van der Waals surface area (Å²) in [7, 11) is 0. The number of aromatic nitrogens is 1. The Morgan fingerprint density at radius 2 is 2.11 bits per heavy atom. The van der Waals surface area contributed by atoms with Crippen LogP contribution in [-0.4, -0.2) is 4.98 Å². The van der Waals surface area contributed by atoms with E-state index in [2.05, 4.69) is 4.98 Å². The van der Waals surface area contributed by atoms with Gasteiger partial charge in [-0.05, 0) is 44.0 Å². The first kappa shape index (κ1) is 13.5. The minimum Gasteiger partial charge on any atom is -0.324 e. The van der Waals surface area contributed by atoms with Crippen molar-refractivity contribution in [3.05, 3.63) is 40.2 Å². The topological polar surface area (TPSA) is 38.9 Å². The molecule has 5 heteroatoms. The van der Waals surface area contributed by atoms with Crippen molar-refractivity contribution < 1.29 is 4.39 Å². The summed E-state index contributed by atoms with van der Waals surface area (Å²) in [5.74, 6) is -0.207. The Kier molecular flexibility index (Phi) is 4.04. The Bertz CT molecular complexity index is 564. The van der Waals surface area contributed by atoms with Gasteiger partial charge in [0.25, 0.3) is 0 Å². The number of halogens is 1. The molecule has 0 amide bonds. The average Bonchev–Trinajstić information content (AvgIpc) is 2.68. The van der Waals surface area contributed by atoms with Crippen LogP contribution in [0.4, 0.5) is 4.39 Å². The second-order valence-corrected chi connectivity index (χ2v) is 6.43. The molecule has 0 fully saturated rings. The van der Waals surface area contributed by atoms with Gasteiger partial charge < -0.3 is 5.73 Å². The predicted octanol–water partition coefficient (Wildman–Crippen LogP) is 4.07. The van der Waals surface area contributed by atoms with Gasteiger partial charge in [0.2, 0.25) is 0 Å². The molecule has 1 unspecified atom stereocenters. The third-order valence-corrected chi connectivity index (χ3v) is 4.71. The summed E-state index contributed by atoms with van der Waals surface area (Å²) in [6, 6.07) is 3.18. The summed E-state index contributed by atoms with van der Waals surface area (Å²) in [4.78, 5) is 5.39. The van der Waals surface area contributed by atoms with E-state index in [1.54, 1.807) is 30.0 Å². The molecule has 2 nitrogen and oxygen atoms in total. The smallest absolute Gasteiger partial charge is 0.154 e. The lowest BCUT2D eigenvalue weighted by Gasteiger charge is -2.13. The van der Waals surface area contributed by atoms with Gasteiger partial charge in [0, 0.05) is 22.0 Å². The molecular formula is C13H15FN2S2. The molecule has 1 aromatic carbocycles. The van der Waals surface area contributed by atoms with Crippen molar-refractivity contribution in [1.82, 2.24) is 4.98 Å². The highest BCUT2D eigenvalue weighted by Gasteiger charge is 2.13. The molecule has 2 rings (SSSR count). The maximum Gasteiger partial charge on any atom is 0.154 e. The first-order valence-electron chi connectivity index (χ1n) is 5.63. The van der Waals surface area contributed by atoms with Crippen LogP contribution in [-0.2, 0) is 0 Å². The van der Waals surface area contributed by atoms with E-state index < -0.39 is 0 Å². The minimum atomic E-state index is -0.207. The Hall–Kier alpha value is -0.910. The second-order valence-electron chi connectivity index (χ2n) is 4.28. The SMILES string of the molecule is Cc1csc(Sc2cc(C)c(F)cc2C(C)N)n1. The summed E-state index contributed by atoms with van der Waals surface area (Å²) in [5, 5.41) is 2.00. The molecular weight excluding hydrogens is 267 g/mol. The fourth-order valence-corrected chi connectivity index (χ4v) is 3.69. The number of rotatable bonds is 3. The van der Waals surface area contributed by atoms with Crippen LogP contribution in [0.1, 0.15) is 29.8 Å². The van der Waals surface area contributed by atoms with E-state index in [0.29, 0.717) is 5.56 Å². The molecule has 0 aliphatic heterocycles. The van der Waals surface area contributed by atoms with Crippen molar-refractivity contribution >= 4 is 23.1 Å². The maximum atomic E-state index is 13.6. The minimum absolute atomic E-state index is 0.191. The van der Waals surface area contributed by atoms with Crippen molar-refractivity contribution in [1.29, 1.82) is 0 Å². The molecule has 18 heavy (non-hydrogen) atoms. The summed E-state index contributed by atoms with van der Waals surface area (Å²) in [6.45, 7) is 5.58. The van der Waals surface area contributed by atoms with Gasteiger partial charge in [0.05, 0.1) is 0 Å². The van der Waals surface area contributed by atoms with Crippen LogP contribution in [0, 0.1) is 19.7 Å². The van der Waals surface area contributed by atoms with Crippen molar-refractivity contribution in [3.8, 4) is 0 Å². The van der Waals surface area contributed by atoms with E-state index >= 15 is 0 Å². The molecule has 0 radical (unpaired) electrons. The lowest BCUT2D eigenvalue weighted by Crippen LogP contribution is -2.07.